The molecule has 0 saturated heterocycles. The van der Waals surface area contributed by atoms with Crippen molar-refractivity contribution in [3.63, 3.8) is 0 Å². The molecule has 264 valence electrons. The summed E-state index contributed by atoms with van der Waals surface area (Å²) in [6, 6.07) is 83.0. The van der Waals surface area contributed by atoms with Gasteiger partial charge in [0.15, 0.2) is 0 Å². The normalized spacial score (nSPS) is 11.2. The minimum atomic E-state index is 1.10. The van der Waals surface area contributed by atoms with Gasteiger partial charge in [-0.3, -0.25) is 0 Å². The molecule has 0 saturated carbocycles. The SMILES string of the molecule is c1ccc(-c2cc(-c3ccccc3)cc(N(c3ccccc3)c3ccc(-c4ccc(-c5ccccc5-n5c6ccccc6c6ccccc65)cc4)cc3)c2)cc1. The number of aromatic nitrogens is 1. The first-order valence-electron chi connectivity index (χ1n) is 19.2. The summed E-state index contributed by atoms with van der Waals surface area (Å²) in [4.78, 5) is 2.36. The maximum absolute atomic E-state index is 2.41. The first-order chi connectivity index (χ1) is 27.8. The van der Waals surface area contributed by atoms with Crippen molar-refractivity contribution >= 4 is 38.9 Å². The second kappa shape index (κ2) is 14.4. The average Bonchev–Trinajstić information content (AvgIpc) is 3.62. The van der Waals surface area contributed by atoms with Gasteiger partial charge in [-0.05, 0) is 99.6 Å². The Bertz CT molecular complexity index is 2820. The molecule has 9 aromatic carbocycles. The Morgan fingerprint density at radius 1 is 0.268 bits per heavy atom. The van der Waals surface area contributed by atoms with Crippen LogP contribution in [0.25, 0.3) is 72.0 Å². The van der Waals surface area contributed by atoms with Gasteiger partial charge in [0.2, 0.25) is 0 Å². The number of para-hydroxylation sites is 4. The van der Waals surface area contributed by atoms with E-state index in [0.29, 0.717) is 0 Å². The van der Waals surface area contributed by atoms with E-state index in [2.05, 4.69) is 240 Å². The molecule has 0 spiro atoms. The Morgan fingerprint density at radius 3 is 1.25 bits per heavy atom. The Labute approximate surface area is 327 Å². The number of hydrogen-bond acceptors (Lipinski definition) is 1. The molecule has 10 rings (SSSR count). The molecule has 0 unspecified atom stereocenters. The maximum Gasteiger partial charge on any atom is 0.0541 e. The fraction of sp³-hybridized carbons (Fsp3) is 0. The second-order valence-corrected chi connectivity index (χ2v) is 14.2. The summed E-state index contributed by atoms with van der Waals surface area (Å²) >= 11 is 0. The van der Waals surface area contributed by atoms with Crippen LogP contribution in [0.1, 0.15) is 0 Å². The summed E-state index contributed by atoms with van der Waals surface area (Å²) in [6.45, 7) is 0. The highest BCUT2D eigenvalue weighted by molar-refractivity contribution is 6.09. The van der Waals surface area contributed by atoms with Crippen molar-refractivity contribution < 1.29 is 0 Å². The quantitative estimate of drug-likeness (QED) is 0.152. The van der Waals surface area contributed by atoms with Gasteiger partial charge in [0.05, 0.1) is 16.7 Å². The molecule has 1 heterocycles. The van der Waals surface area contributed by atoms with Gasteiger partial charge in [-0.15, -0.1) is 0 Å². The van der Waals surface area contributed by atoms with Gasteiger partial charge in [0.1, 0.15) is 0 Å². The lowest BCUT2D eigenvalue weighted by molar-refractivity contribution is 1.18. The van der Waals surface area contributed by atoms with Gasteiger partial charge < -0.3 is 9.47 Å². The Morgan fingerprint density at radius 2 is 0.679 bits per heavy atom. The van der Waals surface area contributed by atoms with E-state index in [-0.39, 0.29) is 0 Å². The van der Waals surface area contributed by atoms with E-state index >= 15 is 0 Å². The minimum Gasteiger partial charge on any atom is -0.310 e. The highest BCUT2D eigenvalue weighted by Gasteiger charge is 2.17. The summed E-state index contributed by atoms with van der Waals surface area (Å²) in [7, 11) is 0. The van der Waals surface area contributed by atoms with E-state index < -0.39 is 0 Å². The molecule has 0 aliphatic rings. The van der Waals surface area contributed by atoms with Gasteiger partial charge in [-0.2, -0.15) is 0 Å². The van der Waals surface area contributed by atoms with Gasteiger partial charge in [-0.25, -0.2) is 0 Å². The number of anilines is 3. The van der Waals surface area contributed by atoms with Crippen LogP contribution < -0.4 is 4.90 Å². The molecule has 0 aliphatic heterocycles. The Balaban J connectivity index is 1.02. The summed E-state index contributed by atoms with van der Waals surface area (Å²) < 4.78 is 2.41. The van der Waals surface area contributed by atoms with Gasteiger partial charge in [-0.1, -0.05) is 170 Å². The second-order valence-electron chi connectivity index (χ2n) is 14.2. The minimum absolute atomic E-state index is 1.10. The van der Waals surface area contributed by atoms with Gasteiger partial charge >= 0.3 is 0 Å². The molecule has 0 fully saturated rings. The molecule has 0 aliphatic carbocycles. The third kappa shape index (κ3) is 6.14. The third-order valence-electron chi connectivity index (χ3n) is 10.8. The zero-order valence-electron chi connectivity index (χ0n) is 30.8. The smallest absolute Gasteiger partial charge is 0.0541 e. The molecule has 1 aromatic heterocycles. The lowest BCUT2D eigenvalue weighted by atomic mass is 9.97. The van der Waals surface area contributed by atoms with Gasteiger partial charge in [0.25, 0.3) is 0 Å². The molecule has 0 atom stereocenters. The summed E-state index contributed by atoms with van der Waals surface area (Å²) in [5.41, 5.74) is 16.4. The highest BCUT2D eigenvalue weighted by Crippen LogP contribution is 2.41. The monoisotopic (exact) mass is 714 g/mol. The predicted octanol–water partition coefficient (Wildman–Crippen LogP) is 14.9. The summed E-state index contributed by atoms with van der Waals surface area (Å²) in [6.07, 6.45) is 0. The molecular weight excluding hydrogens is 677 g/mol. The van der Waals surface area contributed by atoms with E-state index in [1.165, 1.54) is 72.0 Å². The molecule has 10 aromatic rings. The largest absolute Gasteiger partial charge is 0.310 e. The van der Waals surface area contributed by atoms with Crippen LogP contribution >= 0.6 is 0 Å². The van der Waals surface area contributed by atoms with Crippen molar-refractivity contribution in [3.8, 4) is 50.2 Å². The van der Waals surface area contributed by atoms with Crippen LogP contribution in [-0.2, 0) is 0 Å². The number of hydrogen-bond donors (Lipinski definition) is 0. The first kappa shape index (κ1) is 33.2. The number of fused-ring (bicyclic) bond motifs is 3. The van der Waals surface area contributed by atoms with Crippen LogP contribution in [0.3, 0.4) is 0 Å². The van der Waals surface area contributed by atoms with E-state index in [9.17, 15) is 0 Å². The molecule has 0 bridgehead atoms. The molecule has 56 heavy (non-hydrogen) atoms. The Hall–Kier alpha value is -7.42. The molecule has 0 amide bonds. The average molecular weight is 715 g/mol. The van der Waals surface area contributed by atoms with Crippen molar-refractivity contribution in [3.05, 3.63) is 231 Å². The van der Waals surface area contributed by atoms with Crippen molar-refractivity contribution in [2.24, 2.45) is 0 Å². The fourth-order valence-corrected chi connectivity index (χ4v) is 8.10. The number of nitrogens with zero attached hydrogens (tertiary/aromatic N) is 2. The first-order valence-corrected chi connectivity index (χ1v) is 19.2. The van der Waals surface area contributed by atoms with E-state index in [1.807, 2.05) is 0 Å². The summed E-state index contributed by atoms with van der Waals surface area (Å²) in [5.74, 6) is 0. The lowest BCUT2D eigenvalue weighted by Gasteiger charge is -2.27. The van der Waals surface area contributed by atoms with Crippen LogP contribution in [0.4, 0.5) is 17.1 Å². The predicted molar refractivity (Wildman–Crippen MR) is 237 cm³/mol. The highest BCUT2D eigenvalue weighted by atomic mass is 15.1. The molecular formula is C54H38N2. The van der Waals surface area contributed by atoms with Crippen molar-refractivity contribution in [1.82, 2.24) is 4.57 Å². The van der Waals surface area contributed by atoms with E-state index in [0.717, 1.165) is 17.1 Å². The topological polar surface area (TPSA) is 8.17 Å². The molecule has 0 radical (unpaired) electrons. The number of rotatable bonds is 8. The molecule has 2 heteroatoms. The zero-order chi connectivity index (χ0) is 37.3. The summed E-state index contributed by atoms with van der Waals surface area (Å²) in [5, 5.41) is 2.53. The molecule has 0 N–H and O–H groups in total. The van der Waals surface area contributed by atoms with Crippen molar-refractivity contribution in [2.45, 2.75) is 0 Å². The van der Waals surface area contributed by atoms with Crippen LogP contribution in [0.2, 0.25) is 0 Å². The fourth-order valence-electron chi connectivity index (χ4n) is 8.10. The Kier molecular flexibility index (Phi) is 8.55. The van der Waals surface area contributed by atoms with Crippen molar-refractivity contribution in [1.29, 1.82) is 0 Å². The standard InChI is InChI=1S/C54H38N2/c1-4-16-39(17-5-1)44-36-45(40-18-6-2-7-19-40)38-48(37-44)55(46-20-8-3-9-21-46)47-34-32-42(33-35-47)41-28-30-43(31-29-41)49-22-10-13-25-52(49)56-53-26-14-11-23-50(53)51-24-12-15-27-54(51)56/h1-38H. The maximum atomic E-state index is 2.41. The third-order valence-corrected chi connectivity index (χ3v) is 10.8. The van der Waals surface area contributed by atoms with Crippen LogP contribution in [0, 0.1) is 0 Å². The van der Waals surface area contributed by atoms with E-state index in [4.69, 9.17) is 0 Å². The number of benzene rings is 9. The molecule has 2 nitrogen and oxygen atoms in total. The van der Waals surface area contributed by atoms with Crippen LogP contribution in [0.5, 0.6) is 0 Å². The lowest BCUT2D eigenvalue weighted by Crippen LogP contribution is -2.10. The zero-order valence-corrected chi connectivity index (χ0v) is 30.8. The van der Waals surface area contributed by atoms with Crippen LogP contribution in [0.15, 0.2) is 231 Å². The van der Waals surface area contributed by atoms with Crippen molar-refractivity contribution in [2.75, 3.05) is 4.90 Å². The van der Waals surface area contributed by atoms with Crippen LogP contribution in [-0.4, -0.2) is 4.57 Å². The van der Waals surface area contributed by atoms with Gasteiger partial charge in [0, 0.05) is 33.4 Å². The van der Waals surface area contributed by atoms with E-state index in [1.54, 1.807) is 0 Å².